The molecular weight excluding hydrogens is 452 g/mol. The normalized spacial score (nSPS) is 31.0. The van der Waals surface area contributed by atoms with Gasteiger partial charge < -0.3 is 18.6 Å². The summed E-state index contributed by atoms with van der Waals surface area (Å²) in [6, 6.07) is 21.7. The fraction of sp³-hybridized carbons (Fsp3) is 0.533. The maximum Gasteiger partial charge on any atom is 0.261 e. The topological polar surface area (TPSA) is 36.9 Å². The molecule has 2 aromatic carbocycles. The number of benzene rings is 2. The van der Waals surface area contributed by atoms with Crippen LogP contribution in [-0.2, 0) is 18.6 Å². The second-order valence-electron chi connectivity index (χ2n) is 11.5. The van der Waals surface area contributed by atoms with Gasteiger partial charge in [0.25, 0.3) is 8.32 Å². The lowest BCUT2D eigenvalue weighted by atomic mass is 9.97. The first-order valence-corrected chi connectivity index (χ1v) is 15.1. The number of hydrogen-bond donors (Lipinski definition) is 0. The fourth-order valence-corrected chi connectivity index (χ4v) is 10.9. The van der Waals surface area contributed by atoms with E-state index in [1.54, 1.807) is 0 Å². The maximum atomic E-state index is 7.12. The molecule has 188 valence electrons. The monoisotopic (exact) mass is 492 g/mol. The highest BCUT2D eigenvalue weighted by atomic mass is 28.4. The van der Waals surface area contributed by atoms with Gasteiger partial charge in [-0.1, -0.05) is 94.4 Å². The van der Waals surface area contributed by atoms with Gasteiger partial charge in [0.05, 0.1) is 12.7 Å². The van der Waals surface area contributed by atoms with Crippen molar-refractivity contribution in [2.24, 2.45) is 5.92 Å². The van der Waals surface area contributed by atoms with E-state index in [0.29, 0.717) is 12.5 Å². The third-order valence-electron chi connectivity index (χ3n) is 7.99. The van der Waals surface area contributed by atoms with E-state index in [1.165, 1.54) is 10.4 Å². The van der Waals surface area contributed by atoms with Crippen LogP contribution in [0.4, 0.5) is 0 Å². The Morgan fingerprint density at radius 3 is 2.20 bits per heavy atom. The molecule has 5 rings (SSSR count). The van der Waals surface area contributed by atoms with Crippen LogP contribution >= 0.6 is 0 Å². The van der Waals surface area contributed by atoms with Gasteiger partial charge in [-0.25, -0.2) is 0 Å². The van der Waals surface area contributed by atoms with Gasteiger partial charge in [-0.05, 0) is 40.2 Å². The Hall–Kier alpha value is -1.76. The predicted octanol–water partition coefficient (Wildman–Crippen LogP) is 5.56. The van der Waals surface area contributed by atoms with Gasteiger partial charge in [0.2, 0.25) is 0 Å². The zero-order valence-electron chi connectivity index (χ0n) is 21.7. The van der Waals surface area contributed by atoms with Gasteiger partial charge in [-0.3, -0.25) is 0 Å². The van der Waals surface area contributed by atoms with Crippen LogP contribution < -0.4 is 10.4 Å². The Labute approximate surface area is 211 Å². The van der Waals surface area contributed by atoms with Crippen LogP contribution in [0.3, 0.4) is 0 Å². The smallest absolute Gasteiger partial charge is 0.261 e. The largest absolute Gasteiger partial charge is 0.407 e. The van der Waals surface area contributed by atoms with Crippen molar-refractivity contribution in [3.8, 4) is 0 Å². The van der Waals surface area contributed by atoms with E-state index < -0.39 is 19.9 Å². The molecule has 0 radical (unpaired) electrons. The molecule has 0 aromatic heterocycles. The Kier molecular flexibility index (Phi) is 6.83. The summed E-state index contributed by atoms with van der Waals surface area (Å²) in [5.41, 5.74) is 0. The standard InChI is InChI=1S/C30H40O4Si/c1-24-23-30(20-19-29(34-30)18-11-12-21-31-29)33-27(24)17-22-32-35(28(2,3)4,25-13-7-5-8-14-25)26-15-9-6-10-16-26/h5-11,13-16,18,24,27H,12,17,19-23H2,1-4H3/t24-,27-,29-,30+/m1/s1. The predicted molar refractivity (Wildman–Crippen MR) is 142 cm³/mol. The van der Waals surface area contributed by atoms with Crippen LogP contribution in [0.5, 0.6) is 0 Å². The third kappa shape index (κ3) is 4.69. The van der Waals surface area contributed by atoms with E-state index in [-0.39, 0.29) is 11.1 Å². The van der Waals surface area contributed by atoms with Crippen LogP contribution in [0.1, 0.15) is 59.8 Å². The first-order valence-electron chi connectivity index (χ1n) is 13.2. The van der Waals surface area contributed by atoms with Gasteiger partial charge in [-0.2, -0.15) is 0 Å². The molecule has 4 atom stereocenters. The Balaban J connectivity index is 1.33. The molecule has 3 heterocycles. The van der Waals surface area contributed by atoms with Crippen molar-refractivity contribution in [1.82, 2.24) is 0 Å². The van der Waals surface area contributed by atoms with Crippen LogP contribution in [0.15, 0.2) is 72.8 Å². The minimum atomic E-state index is -2.53. The third-order valence-corrected chi connectivity index (χ3v) is 13.0. The minimum Gasteiger partial charge on any atom is -0.407 e. The lowest BCUT2D eigenvalue weighted by Gasteiger charge is -2.43. The van der Waals surface area contributed by atoms with Crippen molar-refractivity contribution in [2.75, 3.05) is 13.2 Å². The Bertz CT molecular complexity index is 978. The van der Waals surface area contributed by atoms with Gasteiger partial charge in [0.1, 0.15) is 0 Å². The molecule has 2 saturated heterocycles. The molecule has 35 heavy (non-hydrogen) atoms. The molecule has 3 aliphatic rings. The molecule has 3 aliphatic heterocycles. The van der Waals surface area contributed by atoms with E-state index in [4.69, 9.17) is 18.6 Å². The molecule has 0 amide bonds. The summed E-state index contributed by atoms with van der Waals surface area (Å²) in [6.45, 7) is 10.7. The van der Waals surface area contributed by atoms with E-state index >= 15 is 0 Å². The van der Waals surface area contributed by atoms with Gasteiger partial charge in [0, 0.05) is 25.9 Å². The molecule has 0 saturated carbocycles. The molecule has 2 aromatic rings. The SMILES string of the molecule is C[C@@H]1C[C@@]2(CC[C@@]3(C=CCCO3)O2)O[C@@H]1CCO[Si](c1ccccc1)(c1ccccc1)C(C)(C)C. The van der Waals surface area contributed by atoms with Gasteiger partial charge in [-0.15, -0.1) is 0 Å². The average Bonchev–Trinajstić information content (AvgIpc) is 3.35. The highest BCUT2D eigenvalue weighted by molar-refractivity contribution is 6.99. The summed E-state index contributed by atoms with van der Waals surface area (Å²) >= 11 is 0. The van der Waals surface area contributed by atoms with Crippen LogP contribution in [-0.4, -0.2) is 39.2 Å². The van der Waals surface area contributed by atoms with Gasteiger partial charge >= 0.3 is 0 Å². The zero-order chi connectivity index (χ0) is 24.6. The summed E-state index contributed by atoms with van der Waals surface area (Å²) in [4.78, 5) is 0. The number of hydrogen-bond acceptors (Lipinski definition) is 4. The van der Waals surface area contributed by atoms with Crippen molar-refractivity contribution >= 4 is 18.7 Å². The van der Waals surface area contributed by atoms with E-state index in [9.17, 15) is 0 Å². The highest BCUT2D eigenvalue weighted by Gasteiger charge is 2.56. The van der Waals surface area contributed by atoms with Crippen LogP contribution in [0, 0.1) is 5.92 Å². The number of rotatable bonds is 6. The lowest BCUT2D eigenvalue weighted by molar-refractivity contribution is -0.297. The van der Waals surface area contributed by atoms with Gasteiger partial charge in [0.15, 0.2) is 11.6 Å². The minimum absolute atomic E-state index is 0.0231. The molecule has 5 heteroatoms. The summed E-state index contributed by atoms with van der Waals surface area (Å²) in [7, 11) is -2.53. The second kappa shape index (κ2) is 9.60. The Morgan fingerprint density at radius 1 is 0.971 bits per heavy atom. The zero-order valence-corrected chi connectivity index (χ0v) is 22.7. The fourth-order valence-electron chi connectivity index (χ4n) is 6.33. The van der Waals surface area contributed by atoms with E-state index in [2.05, 4.69) is 101 Å². The van der Waals surface area contributed by atoms with Crippen LogP contribution in [0.25, 0.3) is 0 Å². The first kappa shape index (κ1) is 24.9. The van der Waals surface area contributed by atoms with Crippen molar-refractivity contribution in [1.29, 1.82) is 0 Å². The Morgan fingerprint density at radius 2 is 1.63 bits per heavy atom. The highest BCUT2D eigenvalue weighted by Crippen LogP contribution is 2.50. The first-order chi connectivity index (χ1) is 16.8. The van der Waals surface area contributed by atoms with E-state index in [0.717, 1.165) is 38.7 Å². The summed E-state index contributed by atoms with van der Waals surface area (Å²) in [5, 5.41) is 2.61. The summed E-state index contributed by atoms with van der Waals surface area (Å²) in [5.74, 6) is -0.693. The van der Waals surface area contributed by atoms with E-state index in [1.807, 2.05) is 0 Å². The molecular formula is C30H40O4Si. The van der Waals surface area contributed by atoms with Crippen molar-refractivity contribution in [2.45, 2.75) is 82.5 Å². The molecule has 4 nitrogen and oxygen atoms in total. The van der Waals surface area contributed by atoms with Crippen molar-refractivity contribution < 1.29 is 18.6 Å². The molecule has 0 N–H and O–H groups in total. The average molecular weight is 493 g/mol. The molecule has 0 bridgehead atoms. The summed E-state index contributed by atoms with van der Waals surface area (Å²) in [6.07, 6.45) is 8.87. The quantitative estimate of drug-likeness (QED) is 0.391. The van der Waals surface area contributed by atoms with Crippen LogP contribution in [0.2, 0.25) is 5.04 Å². The number of ether oxygens (including phenoxy) is 3. The van der Waals surface area contributed by atoms with Crippen molar-refractivity contribution in [3.05, 3.63) is 72.8 Å². The molecule has 0 aliphatic carbocycles. The summed E-state index contributed by atoms with van der Waals surface area (Å²) < 4.78 is 26.3. The second-order valence-corrected chi connectivity index (χ2v) is 15.8. The molecule has 0 unspecified atom stereocenters. The maximum absolute atomic E-state index is 7.12. The molecule has 2 fully saturated rings. The lowest BCUT2D eigenvalue weighted by Crippen LogP contribution is -2.66. The molecule has 2 spiro atoms. The van der Waals surface area contributed by atoms with Crippen molar-refractivity contribution in [3.63, 3.8) is 0 Å².